The van der Waals surface area contributed by atoms with Crippen molar-refractivity contribution in [3.8, 4) is 0 Å². The fourth-order valence-corrected chi connectivity index (χ4v) is 2.85. The minimum atomic E-state index is -0.524. The van der Waals surface area contributed by atoms with E-state index in [1.54, 1.807) is 24.3 Å². The monoisotopic (exact) mass is 369 g/mol. The molecule has 0 fully saturated rings. The Hall–Kier alpha value is -2.86. The molecule has 144 valence electrons. The lowest BCUT2D eigenvalue weighted by atomic mass is 10.0. The number of likely N-dealkylation sites (N-methyl/N-ethyl adjacent to an activating group) is 1. The first-order valence-corrected chi connectivity index (χ1v) is 8.74. The number of methoxy groups -OCH3 is 1. The van der Waals surface area contributed by atoms with Gasteiger partial charge in [-0.1, -0.05) is 24.3 Å². The topological polar surface area (TPSA) is 61.9 Å². The Balaban J connectivity index is 2.15. The lowest BCUT2D eigenvalue weighted by Gasteiger charge is -2.26. The van der Waals surface area contributed by atoms with Crippen LogP contribution in [0.15, 0.2) is 48.5 Å². The van der Waals surface area contributed by atoms with Gasteiger partial charge in [0.25, 0.3) is 5.91 Å². The Morgan fingerprint density at radius 1 is 0.963 bits per heavy atom. The summed E-state index contributed by atoms with van der Waals surface area (Å²) in [6.45, 7) is 0.419. The van der Waals surface area contributed by atoms with Crippen LogP contribution < -0.4 is 10.2 Å². The summed E-state index contributed by atoms with van der Waals surface area (Å²) in [5.74, 6) is -0.822. The average molecular weight is 369 g/mol. The Bertz CT molecular complexity index is 786. The molecule has 0 spiro atoms. The largest absolute Gasteiger partial charge is 0.465 e. The molecular weight excluding hydrogens is 342 g/mol. The zero-order valence-corrected chi connectivity index (χ0v) is 16.5. The standard InChI is InChI=1S/C21H27N3O3/c1-23(2)16-12-10-15(11-13-16)19(24(3)4)14-22-20(25)17-8-6-7-9-18(17)21(26)27-5/h6-13,19H,14H2,1-5H3,(H,22,25). The Morgan fingerprint density at radius 3 is 2.07 bits per heavy atom. The van der Waals surface area contributed by atoms with Gasteiger partial charge in [-0.05, 0) is 43.9 Å². The van der Waals surface area contributed by atoms with Crippen LogP contribution in [0.4, 0.5) is 5.69 Å². The van der Waals surface area contributed by atoms with E-state index in [0.29, 0.717) is 12.1 Å². The number of nitrogens with one attached hydrogen (secondary N) is 1. The van der Waals surface area contributed by atoms with Crippen LogP contribution in [0.2, 0.25) is 0 Å². The molecule has 2 rings (SSSR count). The number of rotatable bonds is 7. The fraction of sp³-hybridized carbons (Fsp3) is 0.333. The highest BCUT2D eigenvalue weighted by molar-refractivity contribution is 6.05. The van der Waals surface area contributed by atoms with E-state index in [0.717, 1.165) is 11.3 Å². The molecule has 1 amide bonds. The van der Waals surface area contributed by atoms with E-state index in [-0.39, 0.29) is 17.5 Å². The molecule has 6 heteroatoms. The normalized spacial score (nSPS) is 11.8. The van der Waals surface area contributed by atoms with Crippen LogP contribution in [-0.2, 0) is 4.74 Å². The van der Waals surface area contributed by atoms with E-state index < -0.39 is 5.97 Å². The molecule has 0 radical (unpaired) electrons. The van der Waals surface area contributed by atoms with Gasteiger partial charge >= 0.3 is 5.97 Å². The van der Waals surface area contributed by atoms with E-state index in [9.17, 15) is 9.59 Å². The predicted octanol–water partition coefficient (Wildman–Crippen LogP) is 2.57. The van der Waals surface area contributed by atoms with Gasteiger partial charge in [-0.25, -0.2) is 4.79 Å². The van der Waals surface area contributed by atoms with Gasteiger partial charge in [0.1, 0.15) is 0 Å². The molecule has 0 aliphatic heterocycles. The van der Waals surface area contributed by atoms with Gasteiger partial charge in [0.15, 0.2) is 0 Å². The fourth-order valence-electron chi connectivity index (χ4n) is 2.85. The van der Waals surface area contributed by atoms with Gasteiger partial charge in [-0.15, -0.1) is 0 Å². The lowest BCUT2D eigenvalue weighted by Crippen LogP contribution is -2.35. The number of carbonyl (C=O) groups is 2. The van der Waals surface area contributed by atoms with Gasteiger partial charge in [0.2, 0.25) is 0 Å². The summed E-state index contributed by atoms with van der Waals surface area (Å²) in [5, 5.41) is 2.94. The van der Waals surface area contributed by atoms with Crippen molar-refractivity contribution in [1.29, 1.82) is 0 Å². The van der Waals surface area contributed by atoms with Crippen LogP contribution in [0, 0.1) is 0 Å². The molecule has 0 saturated heterocycles. The van der Waals surface area contributed by atoms with Gasteiger partial charge < -0.3 is 19.9 Å². The van der Waals surface area contributed by atoms with Crippen LogP contribution in [0.3, 0.4) is 0 Å². The molecule has 6 nitrogen and oxygen atoms in total. The maximum atomic E-state index is 12.6. The maximum Gasteiger partial charge on any atom is 0.338 e. The van der Waals surface area contributed by atoms with Gasteiger partial charge in [0, 0.05) is 26.3 Å². The summed E-state index contributed by atoms with van der Waals surface area (Å²) in [5.41, 5.74) is 2.79. The highest BCUT2D eigenvalue weighted by Crippen LogP contribution is 2.21. The number of esters is 1. The molecule has 2 aromatic carbocycles. The molecule has 1 unspecified atom stereocenters. The molecule has 2 aromatic rings. The SMILES string of the molecule is COC(=O)c1ccccc1C(=O)NCC(c1ccc(N(C)C)cc1)N(C)C. The molecule has 1 atom stereocenters. The van der Waals surface area contributed by atoms with Crippen molar-refractivity contribution in [2.75, 3.05) is 46.7 Å². The first-order valence-electron chi connectivity index (χ1n) is 8.74. The number of ether oxygens (including phenoxy) is 1. The van der Waals surface area contributed by atoms with Crippen LogP contribution >= 0.6 is 0 Å². The number of benzene rings is 2. The van der Waals surface area contributed by atoms with Gasteiger partial charge in [-0.3, -0.25) is 4.79 Å². The third-order valence-corrected chi connectivity index (χ3v) is 4.45. The molecule has 0 aliphatic carbocycles. The number of hydrogen-bond acceptors (Lipinski definition) is 5. The van der Waals surface area contributed by atoms with E-state index >= 15 is 0 Å². The highest BCUT2D eigenvalue weighted by atomic mass is 16.5. The summed E-state index contributed by atoms with van der Waals surface area (Å²) in [7, 11) is 9.24. The molecule has 27 heavy (non-hydrogen) atoms. The van der Waals surface area contributed by atoms with Crippen molar-refractivity contribution in [3.05, 3.63) is 65.2 Å². The number of hydrogen-bond donors (Lipinski definition) is 1. The number of anilines is 1. The molecular formula is C21H27N3O3. The van der Waals surface area contributed by atoms with Crippen molar-refractivity contribution in [2.24, 2.45) is 0 Å². The zero-order valence-electron chi connectivity index (χ0n) is 16.5. The van der Waals surface area contributed by atoms with Crippen molar-refractivity contribution in [3.63, 3.8) is 0 Å². The first kappa shape index (κ1) is 20.5. The third-order valence-electron chi connectivity index (χ3n) is 4.45. The Kier molecular flexibility index (Phi) is 6.96. The van der Waals surface area contributed by atoms with Gasteiger partial charge in [-0.2, -0.15) is 0 Å². The number of nitrogens with zero attached hydrogens (tertiary/aromatic N) is 2. The quantitative estimate of drug-likeness (QED) is 0.760. The van der Waals surface area contributed by atoms with Crippen LogP contribution in [0.25, 0.3) is 0 Å². The first-order chi connectivity index (χ1) is 12.8. The molecule has 1 N–H and O–H groups in total. The van der Waals surface area contributed by atoms with Gasteiger partial charge in [0.05, 0.1) is 24.3 Å². The van der Waals surface area contributed by atoms with Crippen molar-refractivity contribution in [2.45, 2.75) is 6.04 Å². The minimum absolute atomic E-state index is 0.00968. The van der Waals surface area contributed by atoms with Crippen LogP contribution in [0.5, 0.6) is 0 Å². The van der Waals surface area contributed by atoms with E-state index in [4.69, 9.17) is 4.74 Å². The van der Waals surface area contributed by atoms with E-state index in [1.165, 1.54) is 7.11 Å². The summed E-state index contributed by atoms with van der Waals surface area (Å²) in [6.07, 6.45) is 0. The van der Waals surface area contributed by atoms with Crippen molar-refractivity contribution < 1.29 is 14.3 Å². The van der Waals surface area contributed by atoms with Crippen molar-refractivity contribution in [1.82, 2.24) is 10.2 Å². The zero-order chi connectivity index (χ0) is 20.0. The number of amides is 1. The summed E-state index contributed by atoms with van der Waals surface area (Å²) in [4.78, 5) is 28.6. The summed E-state index contributed by atoms with van der Waals surface area (Å²) >= 11 is 0. The minimum Gasteiger partial charge on any atom is -0.465 e. The second-order valence-electron chi connectivity index (χ2n) is 6.71. The smallest absolute Gasteiger partial charge is 0.338 e. The Morgan fingerprint density at radius 2 is 1.56 bits per heavy atom. The lowest BCUT2D eigenvalue weighted by molar-refractivity contribution is 0.0596. The molecule has 0 heterocycles. The third kappa shape index (κ3) is 5.08. The van der Waals surface area contributed by atoms with Crippen LogP contribution in [0.1, 0.15) is 32.3 Å². The predicted molar refractivity (Wildman–Crippen MR) is 107 cm³/mol. The summed E-state index contributed by atoms with van der Waals surface area (Å²) in [6, 6.07) is 14.9. The summed E-state index contributed by atoms with van der Waals surface area (Å²) < 4.78 is 4.76. The average Bonchev–Trinajstić information content (AvgIpc) is 2.67. The second-order valence-corrected chi connectivity index (χ2v) is 6.71. The molecule has 0 saturated carbocycles. The maximum absolute atomic E-state index is 12.6. The molecule has 0 aliphatic rings. The van der Waals surface area contributed by atoms with Crippen molar-refractivity contribution >= 4 is 17.6 Å². The molecule has 0 bridgehead atoms. The highest BCUT2D eigenvalue weighted by Gasteiger charge is 2.20. The second kappa shape index (κ2) is 9.19. The number of carbonyl (C=O) groups excluding carboxylic acids is 2. The molecule has 0 aromatic heterocycles. The Labute approximate surface area is 160 Å². The van der Waals surface area contributed by atoms with E-state index in [2.05, 4.69) is 34.5 Å². The van der Waals surface area contributed by atoms with E-state index in [1.807, 2.05) is 33.1 Å². The van der Waals surface area contributed by atoms with Crippen LogP contribution in [-0.4, -0.2) is 58.6 Å².